The molecule has 0 spiro atoms. The van der Waals surface area contributed by atoms with Crippen molar-refractivity contribution in [3.05, 3.63) is 23.8 Å². The molecular formula is C12H18N2O2. The number of hydrogen-bond acceptors (Lipinski definition) is 4. The average Bonchev–Trinajstić information content (AvgIpc) is 2.18. The maximum absolute atomic E-state index is 11.5. The minimum Gasteiger partial charge on any atom is -0.460 e. The van der Waals surface area contributed by atoms with Gasteiger partial charge in [-0.1, -0.05) is 6.07 Å². The molecule has 4 N–H and O–H groups in total. The number of hydrogen-bond donors (Lipinski definition) is 2. The summed E-state index contributed by atoms with van der Waals surface area (Å²) in [5.41, 5.74) is 12.6. The Morgan fingerprint density at radius 2 is 1.88 bits per heavy atom. The van der Waals surface area contributed by atoms with Crippen LogP contribution in [0.2, 0.25) is 0 Å². The summed E-state index contributed by atoms with van der Waals surface area (Å²) in [6.45, 7) is 5.66. The van der Waals surface area contributed by atoms with Crippen molar-refractivity contribution < 1.29 is 9.53 Å². The highest BCUT2D eigenvalue weighted by Gasteiger charge is 2.22. The summed E-state index contributed by atoms with van der Waals surface area (Å²) in [6.07, 6.45) is 0. The van der Waals surface area contributed by atoms with Crippen molar-refractivity contribution in [2.75, 3.05) is 11.5 Å². The molecule has 0 bridgehead atoms. The molecule has 4 nitrogen and oxygen atoms in total. The van der Waals surface area contributed by atoms with E-state index in [1.807, 2.05) is 20.8 Å². The zero-order valence-electron chi connectivity index (χ0n) is 9.91. The molecule has 0 radical (unpaired) electrons. The van der Waals surface area contributed by atoms with Crippen molar-refractivity contribution in [3.8, 4) is 0 Å². The van der Waals surface area contributed by atoms with E-state index in [4.69, 9.17) is 16.2 Å². The summed E-state index contributed by atoms with van der Waals surface area (Å²) < 4.78 is 5.15. The number of carbonyl (C=O) groups is 1. The smallest absolute Gasteiger partial charge is 0.311 e. The van der Waals surface area contributed by atoms with Crippen LogP contribution in [0.1, 0.15) is 26.3 Å². The Hall–Kier alpha value is -1.71. The van der Waals surface area contributed by atoms with Crippen LogP contribution in [0.3, 0.4) is 0 Å². The first-order chi connectivity index (χ1) is 7.30. The van der Waals surface area contributed by atoms with Crippen LogP contribution in [0.15, 0.2) is 18.2 Å². The van der Waals surface area contributed by atoms with E-state index in [-0.39, 0.29) is 12.6 Å². The van der Waals surface area contributed by atoms with Crippen molar-refractivity contribution in [2.45, 2.75) is 27.4 Å². The molecule has 1 rings (SSSR count). The quantitative estimate of drug-likeness (QED) is 0.592. The van der Waals surface area contributed by atoms with Crippen molar-refractivity contribution >= 4 is 17.3 Å². The molecule has 4 heteroatoms. The van der Waals surface area contributed by atoms with Crippen LogP contribution in [-0.2, 0) is 16.1 Å². The van der Waals surface area contributed by atoms with Gasteiger partial charge in [0.05, 0.1) is 16.8 Å². The molecule has 0 heterocycles. The normalized spacial score (nSPS) is 11.2. The number of ether oxygens (including phenoxy) is 1. The van der Waals surface area contributed by atoms with Crippen LogP contribution < -0.4 is 11.5 Å². The molecule has 0 atom stereocenters. The fourth-order valence-electron chi connectivity index (χ4n) is 1.08. The topological polar surface area (TPSA) is 78.3 Å². The maximum Gasteiger partial charge on any atom is 0.311 e. The van der Waals surface area contributed by atoms with Gasteiger partial charge in [-0.3, -0.25) is 4.79 Å². The molecule has 0 amide bonds. The van der Waals surface area contributed by atoms with Crippen LogP contribution in [0, 0.1) is 5.41 Å². The lowest BCUT2D eigenvalue weighted by atomic mass is 9.97. The molecule has 16 heavy (non-hydrogen) atoms. The second kappa shape index (κ2) is 4.43. The van der Waals surface area contributed by atoms with Gasteiger partial charge in [0, 0.05) is 0 Å². The second-order valence-electron chi connectivity index (χ2n) is 4.79. The van der Waals surface area contributed by atoms with E-state index >= 15 is 0 Å². The van der Waals surface area contributed by atoms with Crippen LogP contribution in [0.4, 0.5) is 11.4 Å². The minimum absolute atomic E-state index is 0.223. The number of anilines is 2. The highest BCUT2D eigenvalue weighted by atomic mass is 16.5. The molecule has 0 fully saturated rings. The lowest BCUT2D eigenvalue weighted by Crippen LogP contribution is -2.22. The molecule has 0 saturated heterocycles. The lowest BCUT2D eigenvalue weighted by Gasteiger charge is -2.16. The summed E-state index contributed by atoms with van der Waals surface area (Å²) in [5, 5.41) is 0. The van der Waals surface area contributed by atoms with Gasteiger partial charge in [0.25, 0.3) is 0 Å². The van der Waals surface area contributed by atoms with Gasteiger partial charge in [-0.25, -0.2) is 0 Å². The molecule has 88 valence electrons. The number of nitrogens with two attached hydrogens (primary N) is 2. The van der Waals surface area contributed by atoms with Gasteiger partial charge >= 0.3 is 5.97 Å². The zero-order chi connectivity index (χ0) is 12.3. The van der Waals surface area contributed by atoms with E-state index < -0.39 is 5.41 Å². The summed E-state index contributed by atoms with van der Waals surface area (Å²) in [7, 11) is 0. The van der Waals surface area contributed by atoms with E-state index in [1.54, 1.807) is 18.2 Å². The third kappa shape index (κ3) is 3.15. The molecule has 0 saturated carbocycles. The average molecular weight is 222 g/mol. The van der Waals surface area contributed by atoms with E-state index in [0.29, 0.717) is 11.4 Å². The second-order valence-corrected chi connectivity index (χ2v) is 4.79. The molecule has 0 unspecified atom stereocenters. The number of esters is 1. The summed E-state index contributed by atoms with van der Waals surface area (Å²) in [5.74, 6) is -0.233. The first kappa shape index (κ1) is 12.4. The van der Waals surface area contributed by atoms with Crippen LogP contribution in [0.5, 0.6) is 0 Å². The zero-order valence-corrected chi connectivity index (χ0v) is 9.91. The van der Waals surface area contributed by atoms with E-state index in [0.717, 1.165) is 5.56 Å². The third-order valence-electron chi connectivity index (χ3n) is 2.13. The Labute approximate surface area is 95.6 Å². The SMILES string of the molecule is CC(C)(C)C(=O)OCc1ccc(N)c(N)c1. The highest BCUT2D eigenvalue weighted by molar-refractivity contribution is 5.75. The van der Waals surface area contributed by atoms with Gasteiger partial charge in [0.1, 0.15) is 6.61 Å². The largest absolute Gasteiger partial charge is 0.460 e. The molecule has 0 aliphatic rings. The monoisotopic (exact) mass is 222 g/mol. The van der Waals surface area contributed by atoms with Gasteiger partial charge in [-0.15, -0.1) is 0 Å². The van der Waals surface area contributed by atoms with Gasteiger partial charge < -0.3 is 16.2 Å². The predicted octanol–water partition coefficient (Wildman–Crippen LogP) is 1.94. The maximum atomic E-state index is 11.5. The van der Waals surface area contributed by atoms with Crippen molar-refractivity contribution in [1.29, 1.82) is 0 Å². The van der Waals surface area contributed by atoms with Crippen LogP contribution in [-0.4, -0.2) is 5.97 Å². The molecular weight excluding hydrogens is 204 g/mol. The Morgan fingerprint density at radius 1 is 1.25 bits per heavy atom. The van der Waals surface area contributed by atoms with Crippen molar-refractivity contribution in [3.63, 3.8) is 0 Å². The van der Waals surface area contributed by atoms with Crippen LogP contribution >= 0.6 is 0 Å². The van der Waals surface area contributed by atoms with E-state index in [9.17, 15) is 4.79 Å². The predicted molar refractivity (Wildman–Crippen MR) is 64.5 cm³/mol. The van der Waals surface area contributed by atoms with Gasteiger partial charge in [0.15, 0.2) is 0 Å². The van der Waals surface area contributed by atoms with Gasteiger partial charge in [0.2, 0.25) is 0 Å². The van der Waals surface area contributed by atoms with Gasteiger partial charge in [-0.2, -0.15) is 0 Å². The summed E-state index contributed by atoms with van der Waals surface area (Å²) in [6, 6.07) is 5.21. The van der Waals surface area contributed by atoms with Crippen molar-refractivity contribution in [1.82, 2.24) is 0 Å². The Kier molecular flexibility index (Phi) is 3.42. The Bertz CT molecular complexity index is 394. The number of rotatable bonds is 2. The molecule has 1 aromatic carbocycles. The molecule has 0 aliphatic carbocycles. The Balaban J connectivity index is 2.62. The van der Waals surface area contributed by atoms with E-state index in [2.05, 4.69) is 0 Å². The highest BCUT2D eigenvalue weighted by Crippen LogP contribution is 2.19. The molecule has 0 aliphatic heterocycles. The summed E-state index contributed by atoms with van der Waals surface area (Å²) >= 11 is 0. The number of carbonyl (C=O) groups excluding carboxylic acids is 1. The Morgan fingerprint density at radius 3 is 2.38 bits per heavy atom. The van der Waals surface area contributed by atoms with E-state index in [1.165, 1.54) is 0 Å². The standard InChI is InChI=1S/C12H18N2O2/c1-12(2,3)11(15)16-7-8-4-5-9(13)10(14)6-8/h4-6H,7,13-14H2,1-3H3. The minimum atomic E-state index is -0.487. The number of nitrogen functional groups attached to an aromatic ring is 2. The fraction of sp³-hybridized carbons (Fsp3) is 0.417. The first-order valence-corrected chi connectivity index (χ1v) is 5.12. The molecule has 0 aromatic heterocycles. The van der Waals surface area contributed by atoms with Crippen LogP contribution in [0.25, 0.3) is 0 Å². The van der Waals surface area contributed by atoms with Gasteiger partial charge in [-0.05, 0) is 38.5 Å². The third-order valence-corrected chi connectivity index (χ3v) is 2.13. The lowest BCUT2D eigenvalue weighted by molar-refractivity contribution is -0.154. The number of benzene rings is 1. The fourth-order valence-corrected chi connectivity index (χ4v) is 1.08. The first-order valence-electron chi connectivity index (χ1n) is 5.12. The summed E-state index contributed by atoms with van der Waals surface area (Å²) in [4.78, 5) is 11.5. The molecule has 1 aromatic rings. The van der Waals surface area contributed by atoms with Crippen molar-refractivity contribution in [2.24, 2.45) is 5.41 Å².